The second-order valence-corrected chi connectivity index (χ2v) is 5.15. The number of hydrogen-bond acceptors (Lipinski definition) is 1. The maximum absolute atomic E-state index is 5.75. The summed E-state index contributed by atoms with van der Waals surface area (Å²) in [5.41, 5.74) is 5.75. The van der Waals surface area contributed by atoms with E-state index in [1.54, 1.807) is 0 Å². The molecule has 0 saturated heterocycles. The predicted octanol–water partition coefficient (Wildman–Crippen LogP) is 4.36. The summed E-state index contributed by atoms with van der Waals surface area (Å²) in [7, 11) is 0. The molecule has 0 fully saturated rings. The highest BCUT2D eigenvalue weighted by molar-refractivity contribution is 4.63. The number of unbranched alkanes of at least 4 members (excludes halogenated alkanes) is 6. The molecule has 0 aliphatic heterocycles. The average molecular weight is 213 g/mol. The zero-order valence-electron chi connectivity index (χ0n) is 11.1. The molecule has 0 spiro atoms. The van der Waals surface area contributed by atoms with Crippen LogP contribution in [0.25, 0.3) is 0 Å². The van der Waals surface area contributed by atoms with E-state index in [-0.39, 0.29) is 0 Å². The molecule has 0 saturated carbocycles. The zero-order valence-corrected chi connectivity index (χ0v) is 11.1. The van der Waals surface area contributed by atoms with E-state index in [2.05, 4.69) is 20.8 Å². The molecule has 0 aromatic carbocycles. The summed E-state index contributed by atoms with van der Waals surface area (Å²) >= 11 is 0. The largest absolute Gasteiger partial charge is 0.330 e. The van der Waals surface area contributed by atoms with Crippen LogP contribution in [-0.2, 0) is 0 Å². The van der Waals surface area contributed by atoms with Crippen LogP contribution in [0.4, 0.5) is 0 Å². The zero-order chi connectivity index (χ0) is 11.5. The van der Waals surface area contributed by atoms with E-state index in [9.17, 15) is 0 Å². The van der Waals surface area contributed by atoms with Gasteiger partial charge in [-0.05, 0) is 24.8 Å². The number of hydrogen-bond donors (Lipinski definition) is 1. The van der Waals surface area contributed by atoms with Gasteiger partial charge in [-0.2, -0.15) is 0 Å². The smallest absolute Gasteiger partial charge is 0.00464 e. The molecule has 2 N–H and O–H groups in total. The third kappa shape index (κ3) is 8.92. The third-order valence-electron chi connectivity index (χ3n) is 3.42. The molecule has 0 radical (unpaired) electrons. The van der Waals surface area contributed by atoms with Crippen molar-refractivity contribution in [3.8, 4) is 0 Å². The minimum Gasteiger partial charge on any atom is -0.330 e. The molecule has 0 aliphatic carbocycles. The minimum atomic E-state index is 0.751. The Balaban J connectivity index is 3.22. The lowest BCUT2D eigenvalue weighted by Gasteiger charge is -2.18. The highest BCUT2D eigenvalue weighted by Crippen LogP contribution is 2.18. The van der Waals surface area contributed by atoms with Crippen molar-refractivity contribution in [1.82, 2.24) is 0 Å². The van der Waals surface area contributed by atoms with Crippen molar-refractivity contribution in [2.75, 3.05) is 6.54 Å². The van der Waals surface area contributed by atoms with Crippen molar-refractivity contribution in [2.45, 2.75) is 72.1 Å². The van der Waals surface area contributed by atoms with Crippen LogP contribution in [0.3, 0.4) is 0 Å². The van der Waals surface area contributed by atoms with Crippen LogP contribution in [0.1, 0.15) is 72.1 Å². The standard InChI is InChI=1S/C14H31N/c1-4-5-6-7-8-9-10-11-14(12-15)13(2)3/h13-14H,4-12,15H2,1-3H3. The van der Waals surface area contributed by atoms with Crippen LogP contribution < -0.4 is 5.73 Å². The van der Waals surface area contributed by atoms with Gasteiger partial charge in [-0.25, -0.2) is 0 Å². The van der Waals surface area contributed by atoms with Gasteiger partial charge in [-0.1, -0.05) is 65.7 Å². The van der Waals surface area contributed by atoms with Crippen molar-refractivity contribution < 1.29 is 0 Å². The van der Waals surface area contributed by atoms with Crippen molar-refractivity contribution in [3.05, 3.63) is 0 Å². The SMILES string of the molecule is CCCCCCCCCC(CN)C(C)C. The van der Waals surface area contributed by atoms with Crippen LogP contribution in [0, 0.1) is 11.8 Å². The maximum Gasteiger partial charge on any atom is -0.00464 e. The molecule has 1 heteroatoms. The Morgan fingerprint density at radius 3 is 1.87 bits per heavy atom. The van der Waals surface area contributed by atoms with Crippen molar-refractivity contribution >= 4 is 0 Å². The fraction of sp³-hybridized carbons (Fsp3) is 1.00. The monoisotopic (exact) mass is 213 g/mol. The fourth-order valence-electron chi connectivity index (χ4n) is 2.09. The summed E-state index contributed by atoms with van der Waals surface area (Å²) in [5.74, 6) is 1.51. The summed E-state index contributed by atoms with van der Waals surface area (Å²) in [6.07, 6.45) is 11.2. The van der Waals surface area contributed by atoms with E-state index < -0.39 is 0 Å². The Labute approximate surface area is 96.8 Å². The van der Waals surface area contributed by atoms with Crippen molar-refractivity contribution in [3.63, 3.8) is 0 Å². The van der Waals surface area contributed by atoms with E-state index in [4.69, 9.17) is 5.73 Å². The second kappa shape index (κ2) is 10.5. The predicted molar refractivity (Wildman–Crippen MR) is 70.0 cm³/mol. The Hall–Kier alpha value is -0.0400. The molecule has 15 heavy (non-hydrogen) atoms. The fourth-order valence-corrected chi connectivity index (χ4v) is 2.09. The van der Waals surface area contributed by atoms with Gasteiger partial charge in [0.2, 0.25) is 0 Å². The van der Waals surface area contributed by atoms with Gasteiger partial charge in [-0.3, -0.25) is 0 Å². The molecule has 1 nitrogen and oxygen atoms in total. The third-order valence-corrected chi connectivity index (χ3v) is 3.42. The summed E-state index contributed by atoms with van der Waals surface area (Å²) in [6.45, 7) is 7.72. The lowest BCUT2D eigenvalue weighted by Crippen LogP contribution is -2.19. The highest BCUT2D eigenvalue weighted by atomic mass is 14.5. The number of nitrogens with two attached hydrogens (primary N) is 1. The molecule has 0 aromatic heterocycles. The highest BCUT2D eigenvalue weighted by Gasteiger charge is 2.10. The van der Waals surface area contributed by atoms with E-state index >= 15 is 0 Å². The molecule has 1 atom stereocenters. The molecule has 0 rings (SSSR count). The summed E-state index contributed by atoms with van der Waals surface area (Å²) in [4.78, 5) is 0. The molecule has 0 heterocycles. The van der Waals surface area contributed by atoms with Crippen LogP contribution >= 0.6 is 0 Å². The lowest BCUT2D eigenvalue weighted by molar-refractivity contribution is 0.353. The Bertz CT molecular complexity index is 121. The summed E-state index contributed by atoms with van der Waals surface area (Å²) in [5, 5.41) is 0. The average Bonchev–Trinajstić information content (AvgIpc) is 2.21. The van der Waals surface area contributed by atoms with Crippen LogP contribution in [0.15, 0.2) is 0 Å². The Morgan fingerprint density at radius 1 is 0.867 bits per heavy atom. The second-order valence-electron chi connectivity index (χ2n) is 5.15. The molecular formula is C14H31N. The van der Waals surface area contributed by atoms with Gasteiger partial charge in [0.1, 0.15) is 0 Å². The molecule has 92 valence electrons. The van der Waals surface area contributed by atoms with Gasteiger partial charge in [0.15, 0.2) is 0 Å². The molecular weight excluding hydrogens is 182 g/mol. The summed E-state index contributed by atoms with van der Waals surface area (Å²) in [6, 6.07) is 0. The van der Waals surface area contributed by atoms with Gasteiger partial charge in [0.05, 0.1) is 0 Å². The first-order valence-corrected chi connectivity index (χ1v) is 6.92. The van der Waals surface area contributed by atoms with E-state index in [1.807, 2.05) is 0 Å². The van der Waals surface area contributed by atoms with Crippen molar-refractivity contribution in [2.24, 2.45) is 17.6 Å². The minimum absolute atomic E-state index is 0.751. The first-order chi connectivity index (χ1) is 7.22. The van der Waals surface area contributed by atoms with E-state index in [0.29, 0.717) is 0 Å². The van der Waals surface area contributed by atoms with Gasteiger partial charge in [0, 0.05) is 0 Å². The topological polar surface area (TPSA) is 26.0 Å². The Kier molecular flexibility index (Phi) is 10.4. The number of rotatable bonds is 10. The Morgan fingerprint density at radius 2 is 1.40 bits per heavy atom. The van der Waals surface area contributed by atoms with E-state index in [1.165, 1.54) is 51.4 Å². The van der Waals surface area contributed by atoms with Crippen LogP contribution in [0.5, 0.6) is 0 Å². The first-order valence-electron chi connectivity index (χ1n) is 6.92. The van der Waals surface area contributed by atoms with Gasteiger partial charge in [-0.15, -0.1) is 0 Å². The van der Waals surface area contributed by atoms with Gasteiger partial charge in [0.25, 0.3) is 0 Å². The quantitative estimate of drug-likeness (QED) is 0.536. The van der Waals surface area contributed by atoms with E-state index in [0.717, 1.165) is 18.4 Å². The molecule has 0 aromatic rings. The summed E-state index contributed by atoms with van der Waals surface area (Å²) < 4.78 is 0. The molecule has 1 unspecified atom stereocenters. The molecule has 0 bridgehead atoms. The first kappa shape index (κ1) is 15.0. The molecule has 0 aliphatic rings. The molecule has 0 amide bonds. The van der Waals surface area contributed by atoms with Crippen molar-refractivity contribution in [1.29, 1.82) is 0 Å². The van der Waals surface area contributed by atoms with Crippen LogP contribution in [0.2, 0.25) is 0 Å². The maximum atomic E-state index is 5.75. The van der Waals surface area contributed by atoms with Crippen LogP contribution in [-0.4, -0.2) is 6.54 Å². The lowest BCUT2D eigenvalue weighted by atomic mass is 9.90. The van der Waals surface area contributed by atoms with Gasteiger partial charge < -0.3 is 5.73 Å². The van der Waals surface area contributed by atoms with Gasteiger partial charge >= 0.3 is 0 Å². The normalized spacial score (nSPS) is 13.4.